The fourth-order valence-electron chi connectivity index (χ4n) is 7.26. The minimum atomic E-state index is -0.193. The van der Waals surface area contributed by atoms with Crippen LogP contribution < -0.4 is 0 Å². The van der Waals surface area contributed by atoms with Crippen LogP contribution in [0.25, 0.3) is 0 Å². The van der Waals surface area contributed by atoms with E-state index in [0.717, 1.165) is 5.92 Å². The molecule has 0 aromatic heterocycles. The van der Waals surface area contributed by atoms with Crippen molar-refractivity contribution in [2.24, 2.45) is 23.2 Å². The Hall–Kier alpha value is -1.42. The molecule has 4 bridgehead atoms. The van der Waals surface area contributed by atoms with Crippen LogP contribution in [-0.2, 0) is 14.9 Å². The van der Waals surface area contributed by atoms with Gasteiger partial charge in [0.05, 0.1) is 6.10 Å². The van der Waals surface area contributed by atoms with Gasteiger partial charge in [-0.2, -0.15) is 0 Å². The zero-order valence-electron chi connectivity index (χ0n) is 16.4. The maximum absolute atomic E-state index is 13.6. The molecule has 1 saturated heterocycles. The molecule has 1 heterocycles. The Morgan fingerprint density at radius 3 is 2.33 bits per heavy atom. The standard InChI is InChI=1S/C23H30FNO2/c1-22-9-15-7-17(10-22)23(18(8-15)11-22,16-3-5-19(24)6-4-16)12-21(26)25-13-20(14-25)27-2/h3-6,15,17-18,20H,7-14H2,1-2H3/t15?,17?,18?,22-,23-. The van der Waals surface area contributed by atoms with E-state index in [9.17, 15) is 9.18 Å². The molecule has 0 N–H and O–H groups in total. The normalized spacial score (nSPS) is 40.3. The van der Waals surface area contributed by atoms with Gasteiger partial charge in [-0.1, -0.05) is 19.1 Å². The number of halogens is 1. The largest absolute Gasteiger partial charge is 0.378 e. The monoisotopic (exact) mass is 371 g/mol. The SMILES string of the molecule is COC1CN(C(=O)C[C@]2(c3ccc(F)cc3)C3CC4CC2C[C@@](C)(C4)C3)C1. The summed E-state index contributed by atoms with van der Waals surface area (Å²) in [4.78, 5) is 15.2. The van der Waals surface area contributed by atoms with Gasteiger partial charge in [-0.05, 0) is 73.0 Å². The smallest absolute Gasteiger partial charge is 0.223 e. The second kappa shape index (κ2) is 6.04. The summed E-state index contributed by atoms with van der Waals surface area (Å²) in [5, 5.41) is 0. The highest BCUT2D eigenvalue weighted by atomic mass is 19.1. The van der Waals surface area contributed by atoms with Crippen molar-refractivity contribution in [2.45, 2.75) is 57.0 Å². The van der Waals surface area contributed by atoms with Crippen molar-refractivity contribution in [3.8, 4) is 0 Å². The number of ether oxygens (including phenoxy) is 1. The molecule has 5 aliphatic rings. The Morgan fingerprint density at radius 1 is 1.15 bits per heavy atom. The molecule has 5 fully saturated rings. The third-order valence-corrected chi connectivity index (χ3v) is 8.31. The van der Waals surface area contributed by atoms with E-state index in [-0.39, 0.29) is 23.2 Å². The Balaban J connectivity index is 1.49. The topological polar surface area (TPSA) is 29.5 Å². The number of methoxy groups -OCH3 is 1. The van der Waals surface area contributed by atoms with E-state index in [4.69, 9.17) is 4.74 Å². The predicted octanol–water partition coefficient (Wildman–Crippen LogP) is 4.16. The number of amides is 1. The molecule has 2 unspecified atom stereocenters. The first-order valence-corrected chi connectivity index (χ1v) is 10.5. The van der Waals surface area contributed by atoms with Gasteiger partial charge in [0.15, 0.2) is 0 Å². The average Bonchev–Trinajstić information content (AvgIpc) is 2.57. The molecule has 2 atom stereocenters. The summed E-state index contributed by atoms with van der Waals surface area (Å²) in [6, 6.07) is 7.08. The summed E-state index contributed by atoms with van der Waals surface area (Å²) < 4.78 is 19.0. The lowest BCUT2D eigenvalue weighted by Crippen LogP contribution is -2.61. The van der Waals surface area contributed by atoms with E-state index in [1.54, 1.807) is 19.2 Å². The van der Waals surface area contributed by atoms with Crippen molar-refractivity contribution in [3.63, 3.8) is 0 Å². The van der Waals surface area contributed by atoms with Gasteiger partial charge in [-0.15, -0.1) is 0 Å². The van der Waals surface area contributed by atoms with Crippen LogP contribution in [0, 0.1) is 29.0 Å². The van der Waals surface area contributed by atoms with E-state index in [2.05, 4.69) is 6.92 Å². The summed E-state index contributed by atoms with van der Waals surface area (Å²) in [6.07, 6.45) is 7.02. The van der Waals surface area contributed by atoms with Gasteiger partial charge in [-0.3, -0.25) is 4.79 Å². The minimum Gasteiger partial charge on any atom is -0.378 e. The molecule has 1 aromatic carbocycles. The molecule has 4 saturated carbocycles. The number of benzene rings is 1. The molecule has 0 spiro atoms. The molecule has 3 nitrogen and oxygen atoms in total. The molecule has 4 aliphatic carbocycles. The number of hydrogen-bond donors (Lipinski definition) is 0. The van der Waals surface area contributed by atoms with Gasteiger partial charge in [0, 0.05) is 32.0 Å². The fraction of sp³-hybridized carbons (Fsp3) is 0.696. The van der Waals surface area contributed by atoms with Crippen molar-refractivity contribution in [1.82, 2.24) is 4.90 Å². The Labute approximate surface area is 161 Å². The zero-order chi connectivity index (χ0) is 18.8. The first kappa shape index (κ1) is 17.7. The zero-order valence-corrected chi connectivity index (χ0v) is 16.4. The van der Waals surface area contributed by atoms with Crippen LogP contribution in [0.3, 0.4) is 0 Å². The average molecular weight is 371 g/mol. The maximum Gasteiger partial charge on any atom is 0.223 e. The number of nitrogens with zero attached hydrogens (tertiary/aromatic N) is 1. The van der Waals surface area contributed by atoms with Crippen LogP contribution in [0.2, 0.25) is 0 Å². The number of hydrogen-bond acceptors (Lipinski definition) is 2. The molecule has 4 heteroatoms. The third kappa shape index (κ3) is 2.66. The lowest BCUT2D eigenvalue weighted by molar-refractivity contribution is -0.154. The first-order valence-electron chi connectivity index (χ1n) is 10.5. The van der Waals surface area contributed by atoms with Crippen molar-refractivity contribution < 1.29 is 13.9 Å². The van der Waals surface area contributed by atoms with E-state index in [0.29, 0.717) is 36.8 Å². The highest BCUT2D eigenvalue weighted by Crippen LogP contribution is 2.68. The summed E-state index contributed by atoms with van der Waals surface area (Å²) in [5.41, 5.74) is 1.53. The molecular weight excluding hydrogens is 341 g/mol. The highest BCUT2D eigenvalue weighted by molar-refractivity contribution is 5.79. The van der Waals surface area contributed by atoms with Crippen LogP contribution in [-0.4, -0.2) is 37.1 Å². The molecule has 1 amide bonds. The van der Waals surface area contributed by atoms with E-state index < -0.39 is 0 Å². The van der Waals surface area contributed by atoms with Crippen molar-refractivity contribution in [2.75, 3.05) is 20.2 Å². The number of carbonyl (C=O) groups excluding carboxylic acids is 1. The van der Waals surface area contributed by atoms with Crippen LogP contribution in [0.1, 0.15) is 51.0 Å². The molecule has 6 rings (SSSR count). The van der Waals surface area contributed by atoms with E-state index >= 15 is 0 Å². The maximum atomic E-state index is 13.6. The molecule has 0 radical (unpaired) electrons. The first-order chi connectivity index (χ1) is 12.9. The van der Waals surface area contributed by atoms with Gasteiger partial charge >= 0.3 is 0 Å². The van der Waals surface area contributed by atoms with Crippen molar-refractivity contribution in [1.29, 1.82) is 0 Å². The third-order valence-electron chi connectivity index (χ3n) is 8.31. The Bertz CT molecular complexity index is 723. The van der Waals surface area contributed by atoms with Gasteiger partial charge in [-0.25, -0.2) is 4.39 Å². The highest BCUT2D eigenvalue weighted by Gasteiger charge is 2.61. The minimum absolute atomic E-state index is 0.112. The molecule has 1 aromatic rings. The second-order valence-electron chi connectivity index (χ2n) is 10.0. The Morgan fingerprint density at radius 2 is 1.78 bits per heavy atom. The van der Waals surface area contributed by atoms with Crippen LogP contribution >= 0.6 is 0 Å². The van der Waals surface area contributed by atoms with Crippen molar-refractivity contribution >= 4 is 5.91 Å². The van der Waals surface area contributed by atoms with Gasteiger partial charge in [0.2, 0.25) is 5.91 Å². The van der Waals surface area contributed by atoms with Gasteiger partial charge in [0.25, 0.3) is 0 Å². The molecule has 146 valence electrons. The van der Waals surface area contributed by atoms with Crippen molar-refractivity contribution in [3.05, 3.63) is 35.6 Å². The number of carbonyl (C=O) groups is 1. The van der Waals surface area contributed by atoms with Gasteiger partial charge in [0.1, 0.15) is 5.82 Å². The molecule has 27 heavy (non-hydrogen) atoms. The summed E-state index contributed by atoms with van der Waals surface area (Å²) in [6.45, 7) is 3.88. The number of rotatable bonds is 4. The molecule has 1 aliphatic heterocycles. The summed E-state index contributed by atoms with van der Waals surface area (Å²) in [5.74, 6) is 1.97. The van der Waals surface area contributed by atoms with E-state index in [1.807, 2.05) is 17.0 Å². The second-order valence-corrected chi connectivity index (χ2v) is 10.0. The quantitative estimate of drug-likeness (QED) is 0.795. The predicted molar refractivity (Wildman–Crippen MR) is 102 cm³/mol. The fourth-order valence-corrected chi connectivity index (χ4v) is 7.26. The Kier molecular flexibility index (Phi) is 3.95. The number of likely N-dealkylation sites (tertiary alicyclic amines) is 1. The summed E-state index contributed by atoms with van der Waals surface area (Å²) in [7, 11) is 1.71. The lowest BCUT2D eigenvalue weighted by atomic mass is 9.39. The van der Waals surface area contributed by atoms with E-state index in [1.165, 1.54) is 37.7 Å². The van der Waals surface area contributed by atoms with Crippen LogP contribution in [0.4, 0.5) is 4.39 Å². The van der Waals surface area contributed by atoms with Crippen LogP contribution in [0.15, 0.2) is 24.3 Å². The van der Waals surface area contributed by atoms with Crippen LogP contribution in [0.5, 0.6) is 0 Å². The molecular formula is C23H30FNO2. The summed E-state index contributed by atoms with van der Waals surface area (Å²) >= 11 is 0. The van der Waals surface area contributed by atoms with Gasteiger partial charge < -0.3 is 9.64 Å². The lowest BCUT2D eigenvalue weighted by Gasteiger charge is -2.65.